The molecule has 0 atom stereocenters. The molecule has 0 fully saturated rings. The van der Waals surface area contributed by atoms with Crippen molar-refractivity contribution in [2.75, 3.05) is 4.90 Å². The van der Waals surface area contributed by atoms with Crippen molar-refractivity contribution in [1.82, 2.24) is 0 Å². The number of para-hydroxylation sites is 1. The third-order valence-electron chi connectivity index (χ3n) is 11.6. The second-order valence-corrected chi connectivity index (χ2v) is 15.9. The van der Waals surface area contributed by atoms with Crippen LogP contribution in [0.3, 0.4) is 0 Å². The maximum absolute atomic E-state index is 6.29. The first-order chi connectivity index (χ1) is 28.3. The molecule has 10 aromatic carbocycles. The highest BCUT2D eigenvalue weighted by molar-refractivity contribution is 7.26. The number of nitrogens with zero attached hydrogens (tertiary/aromatic N) is 1. The van der Waals surface area contributed by atoms with E-state index in [9.17, 15) is 0 Å². The van der Waals surface area contributed by atoms with Crippen LogP contribution in [0, 0.1) is 0 Å². The minimum Gasteiger partial charge on any atom is -0.456 e. The molecule has 0 saturated heterocycles. The van der Waals surface area contributed by atoms with Crippen LogP contribution in [-0.2, 0) is 0 Å². The Hall–Kier alpha value is -7.20. The minimum atomic E-state index is 0.888. The number of thiophene rings is 1. The number of hydrogen-bond donors (Lipinski definition) is 0. The lowest BCUT2D eigenvalue weighted by Gasteiger charge is -2.27. The van der Waals surface area contributed by atoms with Crippen LogP contribution in [0.4, 0.5) is 17.1 Å². The van der Waals surface area contributed by atoms with Crippen molar-refractivity contribution < 1.29 is 4.42 Å². The van der Waals surface area contributed by atoms with Crippen LogP contribution < -0.4 is 4.90 Å². The molecule has 0 bridgehead atoms. The summed E-state index contributed by atoms with van der Waals surface area (Å²) in [4.78, 5) is 2.42. The monoisotopic (exact) mass is 743 g/mol. The number of fused-ring (bicyclic) bond motifs is 12. The van der Waals surface area contributed by atoms with Gasteiger partial charge in [-0.05, 0) is 121 Å². The number of rotatable bonds is 5. The molecule has 0 aliphatic rings. The highest BCUT2D eigenvalue weighted by atomic mass is 32.1. The van der Waals surface area contributed by atoms with Crippen LogP contribution >= 0.6 is 11.3 Å². The van der Waals surface area contributed by atoms with E-state index in [2.05, 4.69) is 193 Å². The molecule has 0 unspecified atom stereocenters. The van der Waals surface area contributed by atoms with Crippen LogP contribution in [0.2, 0.25) is 0 Å². The largest absolute Gasteiger partial charge is 0.456 e. The zero-order valence-corrected chi connectivity index (χ0v) is 31.6. The molecule has 0 saturated carbocycles. The van der Waals surface area contributed by atoms with Crippen LogP contribution in [0.1, 0.15) is 0 Å². The standard InChI is InChI=1S/C54H33NOS/c1-2-13-34(14-3-1)44-32-46-40-17-6-4-15-38(40)39-16-5-7-18-41(39)47(46)33-45(44)35-25-27-36(28-26-35)55(37-29-30-51-48(31-37)42-19-8-10-22-50(42)56-51)49-21-12-24-53-54(49)43-20-9-11-23-52(43)57-53/h1-33H. The zero-order chi connectivity index (χ0) is 37.5. The van der Waals surface area contributed by atoms with Gasteiger partial charge in [0.25, 0.3) is 0 Å². The van der Waals surface area contributed by atoms with Gasteiger partial charge in [0.15, 0.2) is 0 Å². The van der Waals surface area contributed by atoms with Gasteiger partial charge < -0.3 is 9.32 Å². The van der Waals surface area contributed by atoms with Crippen molar-refractivity contribution in [3.8, 4) is 22.3 Å². The third kappa shape index (κ3) is 5.03. The fourth-order valence-corrected chi connectivity index (χ4v) is 10.2. The first-order valence-electron chi connectivity index (χ1n) is 19.4. The first-order valence-corrected chi connectivity index (χ1v) is 20.2. The molecular weight excluding hydrogens is 711 g/mol. The highest BCUT2D eigenvalue weighted by Gasteiger charge is 2.21. The summed E-state index contributed by atoms with van der Waals surface area (Å²) in [6.07, 6.45) is 0. The summed E-state index contributed by atoms with van der Waals surface area (Å²) in [5.74, 6) is 0. The van der Waals surface area contributed by atoms with E-state index in [-0.39, 0.29) is 0 Å². The molecule has 2 nitrogen and oxygen atoms in total. The summed E-state index contributed by atoms with van der Waals surface area (Å²) < 4.78 is 8.85. The van der Waals surface area contributed by atoms with E-state index in [1.54, 1.807) is 0 Å². The quantitative estimate of drug-likeness (QED) is 0.163. The Morgan fingerprint density at radius 1 is 0.333 bits per heavy atom. The van der Waals surface area contributed by atoms with Crippen molar-refractivity contribution in [2.45, 2.75) is 0 Å². The molecule has 0 spiro atoms. The summed E-state index contributed by atoms with van der Waals surface area (Å²) in [6.45, 7) is 0. The molecule has 2 heterocycles. The summed E-state index contributed by atoms with van der Waals surface area (Å²) >= 11 is 1.85. The van der Waals surface area contributed by atoms with Gasteiger partial charge in [0.1, 0.15) is 11.2 Å². The van der Waals surface area contributed by atoms with E-state index in [4.69, 9.17) is 4.42 Å². The van der Waals surface area contributed by atoms with Crippen LogP contribution in [0.5, 0.6) is 0 Å². The maximum atomic E-state index is 6.29. The van der Waals surface area contributed by atoms with E-state index in [0.717, 1.165) is 39.0 Å². The molecular formula is C54H33NOS. The summed E-state index contributed by atoms with van der Waals surface area (Å²) in [7, 11) is 0. The second-order valence-electron chi connectivity index (χ2n) is 14.8. The topological polar surface area (TPSA) is 16.4 Å². The SMILES string of the molecule is c1ccc(-c2cc3c4ccccc4c4ccccc4c3cc2-c2ccc(N(c3ccc4oc5ccccc5c4c3)c3cccc4sc5ccccc5c34)cc2)cc1. The first kappa shape index (κ1) is 32.1. The molecule has 3 heteroatoms. The van der Waals surface area contributed by atoms with Gasteiger partial charge in [0.2, 0.25) is 0 Å². The Morgan fingerprint density at radius 3 is 1.56 bits per heavy atom. The Labute approximate surface area is 333 Å². The number of hydrogen-bond acceptors (Lipinski definition) is 3. The number of anilines is 3. The van der Waals surface area contributed by atoms with Gasteiger partial charge in [-0.2, -0.15) is 0 Å². The summed E-state index contributed by atoms with van der Waals surface area (Å²) in [5, 5.41) is 12.4. The molecule has 266 valence electrons. The van der Waals surface area contributed by atoms with E-state index < -0.39 is 0 Å². The molecule has 12 aromatic rings. The lowest BCUT2D eigenvalue weighted by molar-refractivity contribution is 0.669. The van der Waals surface area contributed by atoms with Crippen molar-refractivity contribution in [1.29, 1.82) is 0 Å². The predicted molar refractivity (Wildman–Crippen MR) is 245 cm³/mol. The van der Waals surface area contributed by atoms with E-state index in [0.29, 0.717) is 0 Å². The molecule has 0 N–H and O–H groups in total. The van der Waals surface area contributed by atoms with Gasteiger partial charge in [-0.15, -0.1) is 11.3 Å². The molecule has 0 aliphatic heterocycles. The van der Waals surface area contributed by atoms with Gasteiger partial charge in [-0.25, -0.2) is 0 Å². The van der Waals surface area contributed by atoms with E-state index >= 15 is 0 Å². The maximum Gasteiger partial charge on any atom is 0.135 e. The van der Waals surface area contributed by atoms with Crippen LogP contribution in [0.15, 0.2) is 205 Å². The summed E-state index contributed by atoms with van der Waals surface area (Å²) in [5.41, 5.74) is 9.92. The molecule has 2 aromatic heterocycles. The third-order valence-corrected chi connectivity index (χ3v) is 12.8. The average molecular weight is 744 g/mol. The Kier molecular flexibility index (Phi) is 7.13. The average Bonchev–Trinajstić information content (AvgIpc) is 3.85. The van der Waals surface area contributed by atoms with E-state index in [1.807, 2.05) is 23.5 Å². The Balaban J connectivity index is 1.09. The number of benzene rings is 10. The lowest BCUT2D eigenvalue weighted by Crippen LogP contribution is -2.10. The predicted octanol–water partition coefficient (Wildman–Crippen LogP) is 16.2. The van der Waals surface area contributed by atoms with E-state index in [1.165, 1.54) is 74.7 Å². The normalized spacial score (nSPS) is 11.9. The molecule has 0 radical (unpaired) electrons. The fourth-order valence-electron chi connectivity index (χ4n) is 9.06. The van der Waals surface area contributed by atoms with Gasteiger partial charge in [-0.3, -0.25) is 0 Å². The van der Waals surface area contributed by atoms with Crippen molar-refractivity contribution in [3.05, 3.63) is 200 Å². The lowest BCUT2D eigenvalue weighted by atomic mass is 9.87. The molecule has 12 rings (SSSR count). The summed E-state index contributed by atoms with van der Waals surface area (Å²) in [6, 6.07) is 72.9. The Bertz CT molecular complexity index is 3520. The molecule has 0 aliphatic carbocycles. The Morgan fingerprint density at radius 2 is 0.860 bits per heavy atom. The van der Waals surface area contributed by atoms with Gasteiger partial charge >= 0.3 is 0 Å². The zero-order valence-electron chi connectivity index (χ0n) is 30.8. The van der Waals surface area contributed by atoms with Gasteiger partial charge in [-0.1, -0.05) is 133 Å². The number of furan rings is 1. The van der Waals surface area contributed by atoms with Crippen molar-refractivity contribution >= 4 is 103 Å². The van der Waals surface area contributed by atoms with Gasteiger partial charge in [0.05, 0.1) is 5.69 Å². The smallest absolute Gasteiger partial charge is 0.135 e. The van der Waals surface area contributed by atoms with Crippen molar-refractivity contribution in [2.24, 2.45) is 0 Å². The molecule has 0 amide bonds. The molecule has 57 heavy (non-hydrogen) atoms. The minimum absolute atomic E-state index is 0.888. The second kappa shape index (κ2) is 12.7. The van der Waals surface area contributed by atoms with Crippen LogP contribution in [-0.4, -0.2) is 0 Å². The van der Waals surface area contributed by atoms with Crippen LogP contribution in [0.25, 0.3) is 96.7 Å². The highest BCUT2D eigenvalue weighted by Crippen LogP contribution is 2.47. The fraction of sp³-hybridized carbons (Fsp3) is 0. The van der Waals surface area contributed by atoms with Gasteiger partial charge in [0, 0.05) is 42.3 Å². The van der Waals surface area contributed by atoms with Crippen molar-refractivity contribution in [3.63, 3.8) is 0 Å².